The van der Waals surface area contributed by atoms with E-state index in [0.717, 1.165) is 27.7 Å². The first kappa shape index (κ1) is 17.1. The number of carbonyl (C=O) groups excluding carboxylic acids is 1. The Hall–Kier alpha value is -3.35. The summed E-state index contributed by atoms with van der Waals surface area (Å²) in [6.07, 6.45) is 2.87. The summed E-state index contributed by atoms with van der Waals surface area (Å²) in [7, 11) is 1.63. The fourth-order valence-electron chi connectivity index (χ4n) is 3.00. The number of nitrogens with one attached hydrogen (secondary N) is 1. The summed E-state index contributed by atoms with van der Waals surface area (Å²) in [5, 5.41) is 9.18. The van der Waals surface area contributed by atoms with E-state index in [2.05, 4.69) is 24.3 Å². The lowest BCUT2D eigenvalue weighted by Gasteiger charge is -2.06. The second kappa shape index (κ2) is 6.75. The summed E-state index contributed by atoms with van der Waals surface area (Å²) < 4.78 is 12.1. The molecule has 7 nitrogen and oxygen atoms in total. The van der Waals surface area contributed by atoms with Crippen LogP contribution in [0.2, 0.25) is 0 Å². The maximum absolute atomic E-state index is 12.5. The molecule has 4 aromatic rings. The van der Waals surface area contributed by atoms with Crippen LogP contribution in [0.4, 0.5) is 5.82 Å². The van der Waals surface area contributed by atoms with Crippen LogP contribution in [0.3, 0.4) is 0 Å². The maximum atomic E-state index is 12.5. The summed E-state index contributed by atoms with van der Waals surface area (Å²) >= 11 is 0. The van der Waals surface area contributed by atoms with Crippen molar-refractivity contribution in [3.05, 3.63) is 48.4 Å². The number of carbonyl (C=O) groups is 1. The van der Waals surface area contributed by atoms with Crippen LogP contribution in [0, 0.1) is 5.92 Å². The van der Waals surface area contributed by atoms with Gasteiger partial charge in [-0.05, 0) is 36.2 Å². The lowest BCUT2D eigenvalue weighted by atomic mass is 10.1. The van der Waals surface area contributed by atoms with Gasteiger partial charge in [-0.1, -0.05) is 13.8 Å². The number of aromatic nitrogens is 3. The van der Waals surface area contributed by atoms with E-state index in [1.54, 1.807) is 13.2 Å². The van der Waals surface area contributed by atoms with E-state index in [9.17, 15) is 4.79 Å². The molecule has 0 aliphatic heterocycles. The van der Waals surface area contributed by atoms with Gasteiger partial charge in [-0.2, -0.15) is 5.10 Å². The Balaban J connectivity index is 1.85. The van der Waals surface area contributed by atoms with Gasteiger partial charge in [0.15, 0.2) is 11.5 Å². The number of benzene rings is 1. The van der Waals surface area contributed by atoms with Crippen molar-refractivity contribution < 1.29 is 13.9 Å². The molecule has 0 saturated heterocycles. The smallest absolute Gasteiger partial charge is 0.260 e. The van der Waals surface area contributed by atoms with E-state index >= 15 is 0 Å². The molecule has 27 heavy (non-hydrogen) atoms. The number of methoxy groups -OCH3 is 1. The third-order valence-corrected chi connectivity index (χ3v) is 4.28. The number of furan rings is 1. The van der Waals surface area contributed by atoms with E-state index in [4.69, 9.17) is 14.1 Å². The number of amides is 1. The Morgan fingerprint density at radius 2 is 2.15 bits per heavy atom. The largest absolute Gasteiger partial charge is 0.497 e. The van der Waals surface area contributed by atoms with Gasteiger partial charge in [0.25, 0.3) is 5.91 Å². The van der Waals surface area contributed by atoms with Crippen LogP contribution in [-0.4, -0.2) is 27.8 Å². The van der Waals surface area contributed by atoms with Gasteiger partial charge >= 0.3 is 0 Å². The van der Waals surface area contributed by atoms with Gasteiger partial charge in [-0.15, -0.1) is 0 Å². The third-order valence-electron chi connectivity index (χ3n) is 4.28. The maximum Gasteiger partial charge on any atom is 0.260 e. The summed E-state index contributed by atoms with van der Waals surface area (Å²) in [5.41, 5.74) is 2.03. The average molecular weight is 364 g/mol. The van der Waals surface area contributed by atoms with Crippen molar-refractivity contribution in [2.75, 3.05) is 12.4 Å². The van der Waals surface area contributed by atoms with E-state index in [-0.39, 0.29) is 5.91 Å². The molecule has 0 aliphatic rings. The lowest BCUT2D eigenvalue weighted by molar-refractivity contribution is 0.102. The molecule has 1 N–H and O–H groups in total. The van der Waals surface area contributed by atoms with Crippen molar-refractivity contribution in [1.29, 1.82) is 0 Å². The predicted molar refractivity (Wildman–Crippen MR) is 103 cm³/mol. The Bertz CT molecular complexity index is 1110. The van der Waals surface area contributed by atoms with Crippen LogP contribution in [0.25, 0.3) is 21.9 Å². The highest BCUT2D eigenvalue weighted by Gasteiger charge is 2.17. The van der Waals surface area contributed by atoms with Crippen LogP contribution >= 0.6 is 0 Å². The van der Waals surface area contributed by atoms with Crippen molar-refractivity contribution in [3.63, 3.8) is 0 Å². The molecular weight excluding hydrogens is 344 g/mol. The zero-order valence-electron chi connectivity index (χ0n) is 15.4. The molecule has 3 heterocycles. The highest BCUT2D eigenvalue weighted by molar-refractivity contribution is 6.08. The first-order valence-electron chi connectivity index (χ1n) is 8.74. The molecule has 138 valence electrons. The Labute approximate surface area is 155 Å². The van der Waals surface area contributed by atoms with Gasteiger partial charge in [0, 0.05) is 11.9 Å². The minimum Gasteiger partial charge on any atom is -0.497 e. The zero-order chi connectivity index (χ0) is 19.0. The minimum absolute atomic E-state index is 0.273. The number of ether oxygens (including phenoxy) is 1. The van der Waals surface area contributed by atoms with E-state index in [0.29, 0.717) is 23.8 Å². The third kappa shape index (κ3) is 3.23. The topological polar surface area (TPSA) is 82.2 Å². The van der Waals surface area contributed by atoms with Crippen molar-refractivity contribution in [1.82, 2.24) is 14.8 Å². The Kier molecular flexibility index (Phi) is 4.27. The van der Waals surface area contributed by atoms with Crippen LogP contribution in [0.5, 0.6) is 5.75 Å². The molecule has 0 fully saturated rings. The molecule has 0 aliphatic carbocycles. The van der Waals surface area contributed by atoms with Crippen LogP contribution in [0.1, 0.15) is 24.2 Å². The fraction of sp³-hybridized carbons (Fsp3) is 0.250. The van der Waals surface area contributed by atoms with Gasteiger partial charge < -0.3 is 14.5 Å². The Morgan fingerprint density at radius 3 is 2.85 bits per heavy atom. The molecule has 4 rings (SSSR count). The number of anilines is 1. The molecule has 3 aromatic heterocycles. The second-order valence-corrected chi connectivity index (χ2v) is 6.81. The molecular formula is C20H20N4O3. The van der Waals surface area contributed by atoms with E-state index in [1.807, 2.05) is 28.9 Å². The molecule has 0 radical (unpaired) electrons. The second-order valence-electron chi connectivity index (χ2n) is 6.81. The molecule has 0 unspecified atom stereocenters. The van der Waals surface area contributed by atoms with Gasteiger partial charge in [0.2, 0.25) is 0 Å². The first-order valence-corrected chi connectivity index (χ1v) is 8.74. The lowest BCUT2D eigenvalue weighted by Crippen LogP contribution is -2.12. The monoisotopic (exact) mass is 364 g/mol. The summed E-state index contributed by atoms with van der Waals surface area (Å²) in [6, 6.07) is 9.31. The van der Waals surface area contributed by atoms with Crippen LogP contribution in [-0.2, 0) is 6.54 Å². The summed E-state index contributed by atoms with van der Waals surface area (Å²) in [6.45, 7) is 4.93. The van der Waals surface area contributed by atoms with E-state index < -0.39 is 0 Å². The van der Waals surface area contributed by atoms with Crippen LogP contribution in [0.15, 0.2) is 47.3 Å². The standard InChI is InChI=1S/C20H20N4O3/c1-12(2)10-24-19-16(9-14-8-15(26-3)4-5-17(14)21-19)18(23-24)22-20(25)13-6-7-27-11-13/h4-9,11-12H,10H2,1-3H3,(H,22,23,25). The molecule has 0 bridgehead atoms. The number of hydrogen-bond acceptors (Lipinski definition) is 5. The number of pyridine rings is 1. The SMILES string of the molecule is COc1ccc2nc3c(cc2c1)c(NC(=O)c1ccoc1)nn3CC(C)C. The Morgan fingerprint density at radius 1 is 1.30 bits per heavy atom. The zero-order valence-corrected chi connectivity index (χ0v) is 15.4. The van der Waals surface area contributed by atoms with Gasteiger partial charge in [-0.25, -0.2) is 9.67 Å². The van der Waals surface area contributed by atoms with Crippen molar-refractivity contribution >= 4 is 33.7 Å². The van der Waals surface area contributed by atoms with Crippen molar-refractivity contribution in [2.24, 2.45) is 5.92 Å². The minimum atomic E-state index is -0.273. The number of rotatable bonds is 5. The molecule has 1 aromatic carbocycles. The summed E-state index contributed by atoms with van der Waals surface area (Å²) in [5.74, 6) is 1.35. The average Bonchev–Trinajstić information content (AvgIpc) is 3.29. The van der Waals surface area contributed by atoms with Crippen LogP contribution < -0.4 is 10.1 Å². The normalized spacial score (nSPS) is 11.4. The number of hydrogen-bond donors (Lipinski definition) is 1. The van der Waals surface area contributed by atoms with E-state index in [1.165, 1.54) is 12.5 Å². The molecule has 1 amide bonds. The molecule has 7 heteroatoms. The fourth-order valence-corrected chi connectivity index (χ4v) is 3.00. The first-order chi connectivity index (χ1) is 13.0. The molecule has 0 atom stereocenters. The highest BCUT2D eigenvalue weighted by Crippen LogP contribution is 2.28. The molecule has 0 saturated carbocycles. The highest BCUT2D eigenvalue weighted by atomic mass is 16.5. The van der Waals surface area contributed by atoms with Gasteiger partial charge in [-0.3, -0.25) is 4.79 Å². The van der Waals surface area contributed by atoms with Crippen molar-refractivity contribution in [3.8, 4) is 5.75 Å². The van der Waals surface area contributed by atoms with Crippen molar-refractivity contribution in [2.45, 2.75) is 20.4 Å². The number of nitrogens with zero attached hydrogens (tertiary/aromatic N) is 3. The quantitative estimate of drug-likeness (QED) is 0.577. The summed E-state index contributed by atoms with van der Waals surface area (Å²) in [4.78, 5) is 17.2. The predicted octanol–water partition coefficient (Wildman–Crippen LogP) is 4.09. The van der Waals surface area contributed by atoms with Gasteiger partial charge in [0.1, 0.15) is 12.0 Å². The number of fused-ring (bicyclic) bond motifs is 2. The molecule has 0 spiro atoms. The van der Waals surface area contributed by atoms with Gasteiger partial charge in [0.05, 0.1) is 29.8 Å².